The van der Waals surface area contributed by atoms with Crippen LogP contribution in [0.25, 0.3) is 0 Å². The van der Waals surface area contributed by atoms with E-state index in [4.69, 9.17) is 5.26 Å². The first kappa shape index (κ1) is 10.9. The molecule has 1 aliphatic rings. The molecule has 84 valence electrons. The summed E-state index contributed by atoms with van der Waals surface area (Å²) in [6.07, 6.45) is 4.51. The Morgan fingerprint density at radius 3 is 2.69 bits per heavy atom. The van der Waals surface area contributed by atoms with Gasteiger partial charge in [0.15, 0.2) is 0 Å². The molecule has 0 aromatic heterocycles. The number of anilines is 1. The van der Waals surface area contributed by atoms with E-state index in [1.165, 1.54) is 18.6 Å². The molecule has 0 amide bonds. The zero-order chi connectivity index (χ0) is 11.6. The molecule has 16 heavy (non-hydrogen) atoms. The predicted molar refractivity (Wildman–Crippen MR) is 61.6 cm³/mol. The molecule has 0 atom stereocenters. The SMILES string of the molecule is CCC1(Nc2cc(F)cc(C#N)c2)CCC1. The Balaban J connectivity index is 2.21. The minimum atomic E-state index is -0.355. The first-order chi connectivity index (χ1) is 7.67. The van der Waals surface area contributed by atoms with Crippen LogP contribution in [0.15, 0.2) is 18.2 Å². The molecule has 1 aromatic carbocycles. The van der Waals surface area contributed by atoms with Gasteiger partial charge in [0.25, 0.3) is 0 Å². The van der Waals surface area contributed by atoms with Crippen molar-refractivity contribution in [3.8, 4) is 6.07 Å². The number of nitrogens with zero attached hydrogens (tertiary/aromatic N) is 1. The Labute approximate surface area is 95.1 Å². The lowest BCUT2D eigenvalue weighted by Crippen LogP contribution is -2.44. The molecule has 1 aromatic rings. The van der Waals surface area contributed by atoms with Crippen molar-refractivity contribution >= 4 is 5.69 Å². The molecule has 1 saturated carbocycles. The van der Waals surface area contributed by atoms with E-state index in [0.717, 1.165) is 24.9 Å². The van der Waals surface area contributed by atoms with Crippen LogP contribution in [-0.4, -0.2) is 5.54 Å². The van der Waals surface area contributed by atoms with Crippen molar-refractivity contribution in [2.75, 3.05) is 5.32 Å². The highest BCUT2D eigenvalue weighted by molar-refractivity contribution is 5.51. The normalized spacial score (nSPS) is 17.3. The molecule has 0 aliphatic heterocycles. The van der Waals surface area contributed by atoms with E-state index < -0.39 is 0 Å². The van der Waals surface area contributed by atoms with E-state index >= 15 is 0 Å². The number of rotatable bonds is 3. The third kappa shape index (κ3) is 2.01. The van der Waals surface area contributed by atoms with E-state index in [1.807, 2.05) is 6.07 Å². The van der Waals surface area contributed by atoms with Crippen molar-refractivity contribution in [2.24, 2.45) is 0 Å². The number of nitriles is 1. The summed E-state index contributed by atoms with van der Waals surface area (Å²) in [5.41, 5.74) is 1.21. The quantitative estimate of drug-likeness (QED) is 0.843. The van der Waals surface area contributed by atoms with Gasteiger partial charge in [0.2, 0.25) is 0 Å². The van der Waals surface area contributed by atoms with Crippen LogP contribution >= 0.6 is 0 Å². The van der Waals surface area contributed by atoms with Gasteiger partial charge in [0, 0.05) is 11.2 Å². The minimum Gasteiger partial charge on any atom is -0.379 e. The maximum atomic E-state index is 13.2. The lowest BCUT2D eigenvalue weighted by molar-refractivity contribution is 0.269. The fourth-order valence-corrected chi connectivity index (χ4v) is 2.20. The lowest BCUT2D eigenvalue weighted by atomic mass is 9.74. The fraction of sp³-hybridized carbons (Fsp3) is 0.462. The molecule has 1 N–H and O–H groups in total. The molecule has 0 saturated heterocycles. The minimum absolute atomic E-state index is 0.126. The third-order valence-corrected chi connectivity index (χ3v) is 3.42. The molecule has 0 radical (unpaired) electrons. The molecule has 0 spiro atoms. The molecule has 1 fully saturated rings. The molecule has 0 bridgehead atoms. The molecule has 1 aliphatic carbocycles. The van der Waals surface area contributed by atoms with Crippen molar-refractivity contribution in [3.05, 3.63) is 29.6 Å². The summed E-state index contributed by atoms with van der Waals surface area (Å²) in [5, 5.41) is 12.1. The van der Waals surface area contributed by atoms with Gasteiger partial charge in [0.05, 0.1) is 11.6 Å². The lowest BCUT2D eigenvalue weighted by Gasteiger charge is -2.43. The van der Waals surface area contributed by atoms with Gasteiger partial charge in [-0.3, -0.25) is 0 Å². The van der Waals surface area contributed by atoms with Crippen LogP contribution in [0.2, 0.25) is 0 Å². The largest absolute Gasteiger partial charge is 0.379 e. The van der Waals surface area contributed by atoms with E-state index in [9.17, 15) is 4.39 Å². The Morgan fingerprint density at radius 1 is 1.44 bits per heavy atom. The van der Waals surface area contributed by atoms with Gasteiger partial charge >= 0.3 is 0 Å². The van der Waals surface area contributed by atoms with Gasteiger partial charge in [0.1, 0.15) is 5.82 Å². The molecule has 0 unspecified atom stereocenters. The van der Waals surface area contributed by atoms with Gasteiger partial charge in [-0.05, 0) is 43.9 Å². The molecule has 2 nitrogen and oxygen atoms in total. The van der Waals surface area contributed by atoms with Gasteiger partial charge in [-0.1, -0.05) is 6.92 Å². The van der Waals surface area contributed by atoms with Crippen LogP contribution in [0.5, 0.6) is 0 Å². The number of benzene rings is 1. The molecule has 0 heterocycles. The zero-order valence-corrected chi connectivity index (χ0v) is 9.39. The van der Waals surface area contributed by atoms with Crippen LogP contribution in [0.3, 0.4) is 0 Å². The van der Waals surface area contributed by atoms with E-state index in [2.05, 4.69) is 12.2 Å². The number of nitrogens with one attached hydrogen (secondary N) is 1. The van der Waals surface area contributed by atoms with Crippen molar-refractivity contribution in [1.29, 1.82) is 5.26 Å². The summed E-state index contributed by atoms with van der Waals surface area (Å²) in [6, 6.07) is 6.38. The summed E-state index contributed by atoms with van der Waals surface area (Å²) in [6.45, 7) is 2.14. The van der Waals surface area contributed by atoms with Crippen LogP contribution in [-0.2, 0) is 0 Å². The van der Waals surface area contributed by atoms with Crippen molar-refractivity contribution in [2.45, 2.75) is 38.1 Å². The fourth-order valence-electron chi connectivity index (χ4n) is 2.20. The first-order valence-corrected chi connectivity index (χ1v) is 5.66. The second kappa shape index (κ2) is 4.13. The molecular formula is C13H15FN2. The number of halogens is 1. The Bertz CT molecular complexity index is 425. The maximum Gasteiger partial charge on any atom is 0.126 e. The number of hydrogen-bond donors (Lipinski definition) is 1. The monoisotopic (exact) mass is 218 g/mol. The highest BCUT2D eigenvalue weighted by atomic mass is 19.1. The summed E-state index contributed by atoms with van der Waals surface area (Å²) in [5.74, 6) is -0.355. The predicted octanol–water partition coefficient (Wildman–Crippen LogP) is 3.44. The van der Waals surface area contributed by atoms with Gasteiger partial charge in [-0.2, -0.15) is 5.26 Å². The molecule has 3 heteroatoms. The molecular weight excluding hydrogens is 203 g/mol. The Kier molecular flexibility index (Phi) is 2.82. The highest BCUT2D eigenvalue weighted by Gasteiger charge is 2.34. The van der Waals surface area contributed by atoms with E-state index in [1.54, 1.807) is 6.07 Å². The van der Waals surface area contributed by atoms with Crippen LogP contribution in [0.1, 0.15) is 38.2 Å². The van der Waals surface area contributed by atoms with Crippen LogP contribution < -0.4 is 5.32 Å². The summed E-state index contributed by atoms with van der Waals surface area (Å²) in [7, 11) is 0. The van der Waals surface area contributed by atoms with Crippen molar-refractivity contribution < 1.29 is 4.39 Å². The standard InChI is InChI=1S/C13H15FN2/c1-2-13(4-3-5-13)16-12-7-10(9-15)6-11(14)8-12/h6-8,16H,2-5H2,1H3. The zero-order valence-electron chi connectivity index (χ0n) is 9.39. The molecule has 2 rings (SSSR count). The summed E-state index contributed by atoms with van der Waals surface area (Å²) < 4.78 is 13.2. The van der Waals surface area contributed by atoms with Gasteiger partial charge in [-0.25, -0.2) is 4.39 Å². The smallest absolute Gasteiger partial charge is 0.126 e. The topological polar surface area (TPSA) is 35.8 Å². The number of hydrogen-bond acceptors (Lipinski definition) is 2. The van der Waals surface area contributed by atoms with Crippen molar-refractivity contribution in [1.82, 2.24) is 0 Å². The van der Waals surface area contributed by atoms with Crippen molar-refractivity contribution in [3.63, 3.8) is 0 Å². The van der Waals surface area contributed by atoms with E-state index in [-0.39, 0.29) is 11.4 Å². The third-order valence-electron chi connectivity index (χ3n) is 3.42. The Hall–Kier alpha value is -1.56. The Morgan fingerprint density at radius 2 is 2.19 bits per heavy atom. The summed E-state index contributed by atoms with van der Waals surface area (Å²) in [4.78, 5) is 0. The highest BCUT2D eigenvalue weighted by Crippen LogP contribution is 2.38. The second-order valence-electron chi connectivity index (χ2n) is 4.45. The van der Waals surface area contributed by atoms with Crippen LogP contribution in [0.4, 0.5) is 10.1 Å². The maximum absolute atomic E-state index is 13.2. The van der Waals surface area contributed by atoms with Gasteiger partial charge in [-0.15, -0.1) is 0 Å². The van der Waals surface area contributed by atoms with E-state index in [0.29, 0.717) is 5.56 Å². The summed E-state index contributed by atoms with van der Waals surface area (Å²) >= 11 is 0. The first-order valence-electron chi connectivity index (χ1n) is 5.66. The average Bonchev–Trinajstić information content (AvgIpc) is 2.22. The van der Waals surface area contributed by atoms with Crippen LogP contribution in [0, 0.1) is 17.1 Å². The average molecular weight is 218 g/mol. The van der Waals surface area contributed by atoms with Gasteiger partial charge < -0.3 is 5.32 Å². The second-order valence-corrected chi connectivity index (χ2v) is 4.45.